The molecule has 4 nitrogen and oxygen atoms in total. The fraction of sp³-hybridized carbons (Fsp3) is 0.778. The number of carbonyl (C=O) groups excluding carboxylic acids is 1. The van der Waals surface area contributed by atoms with E-state index in [-0.39, 0.29) is 5.91 Å². The third kappa shape index (κ3) is 1.49. The summed E-state index contributed by atoms with van der Waals surface area (Å²) in [5.41, 5.74) is 0. The van der Waals surface area contributed by atoms with E-state index in [1.807, 2.05) is 0 Å². The van der Waals surface area contributed by atoms with Gasteiger partial charge in [-0.15, -0.1) is 11.8 Å². The lowest BCUT2D eigenvalue weighted by molar-refractivity contribution is -0.144. The molecule has 5 heteroatoms. The number of hydrogen-bond acceptors (Lipinski definition) is 3. The van der Waals surface area contributed by atoms with Gasteiger partial charge in [-0.05, 0) is 12.8 Å². The summed E-state index contributed by atoms with van der Waals surface area (Å²) < 4.78 is 0. The molecule has 0 unspecified atom stereocenters. The standard InChI is InChI=1S/C9H13NO3S/c11-7-5-14-9(10-7)4-2-1-3-6(9)8(12)13/h6H,1-5H2,(H,10,11)(H,12,13)/t6-,9+/m0/s1. The maximum atomic E-state index is 11.2. The summed E-state index contributed by atoms with van der Waals surface area (Å²) in [7, 11) is 0. The Morgan fingerprint density at radius 3 is 2.93 bits per heavy atom. The van der Waals surface area contributed by atoms with E-state index in [2.05, 4.69) is 5.32 Å². The van der Waals surface area contributed by atoms with Crippen molar-refractivity contribution in [1.29, 1.82) is 0 Å². The second-order valence-electron chi connectivity index (χ2n) is 3.86. The number of carboxylic acids is 1. The molecule has 1 aliphatic carbocycles. The molecular formula is C9H13NO3S. The molecule has 2 atom stereocenters. The molecule has 0 bridgehead atoms. The largest absolute Gasteiger partial charge is 0.481 e. The SMILES string of the molecule is O=C1CS[C@@]2(CCCC[C@H]2C(=O)O)N1. The van der Waals surface area contributed by atoms with Crippen LogP contribution in [0.15, 0.2) is 0 Å². The summed E-state index contributed by atoms with van der Waals surface area (Å²) in [6.07, 6.45) is 3.44. The first-order valence-corrected chi connectivity index (χ1v) is 5.80. The average molecular weight is 215 g/mol. The fourth-order valence-electron chi connectivity index (χ4n) is 2.29. The van der Waals surface area contributed by atoms with Crippen LogP contribution in [0.2, 0.25) is 0 Å². The van der Waals surface area contributed by atoms with Crippen molar-refractivity contribution in [2.75, 3.05) is 5.75 Å². The van der Waals surface area contributed by atoms with Crippen molar-refractivity contribution >= 4 is 23.6 Å². The minimum Gasteiger partial charge on any atom is -0.481 e. The quantitative estimate of drug-likeness (QED) is 0.679. The highest BCUT2D eigenvalue weighted by Gasteiger charge is 2.49. The molecule has 0 radical (unpaired) electrons. The number of aliphatic carboxylic acids is 1. The van der Waals surface area contributed by atoms with Crippen LogP contribution in [0.1, 0.15) is 25.7 Å². The van der Waals surface area contributed by atoms with Gasteiger partial charge in [0.2, 0.25) is 5.91 Å². The molecule has 1 saturated heterocycles. The zero-order valence-corrected chi connectivity index (χ0v) is 8.60. The highest BCUT2D eigenvalue weighted by atomic mass is 32.2. The van der Waals surface area contributed by atoms with Gasteiger partial charge in [0.25, 0.3) is 0 Å². The highest BCUT2D eigenvalue weighted by Crippen LogP contribution is 2.44. The Balaban J connectivity index is 2.21. The first kappa shape index (κ1) is 9.83. The Morgan fingerprint density at radius 2 is 2.36 bits per heavy atom. The molecule has 14 heavy (non-hydrogen) atoms. The van der Waals surface area contributed by atoms with Gasteiger partial charge in [-0.1, -0.05) is 12.8 Å². The van der Waals surface area contributed by atoms with E-state index < -0.39 is 16.8 Å². The Kier molecular flexibility index (Phi) is 2.43. The van der Waals surface area contributed by atoms with Crippen molar-refractivity contribution in [2.24, 2.45) is 5.92 Å². The summed E-state index contributed by atoms with van der Waals surface area (Å²) >= 11 is 1.47. The van der Waals surface area contributed by atoms with Crippen LogP contribution in [0.5, 0.6) is 0 Å². The van der Waals surface area contributed by atoms with Crippen molar-refractivity contribution in [3.05, 3.63) is 0 Å². The van der Waals surface area contributed by atoms with E-state index in [4.69, 9.17) is 5.11 Å². The molecule has 2 rings (SSSR count). The summed E-state index contributed by atoms with van der Waals surface area (Å²) in [5.74, 6) is -0.806. The minimum absolute atomic E-state index is 0.0249. The van der Waals surface area contributed by atoms with Crippen molar-refractivity contribution < 1.29 is 14.7 Å². The van der Waals surface area contributed by atoms with Crippen LogP contribution >= 0.6 is 11.8 Å². The molecule has 2 fully saturated rings. The normalized spacial score (nSPS) is 37.1. The molecular weight excluding hydrogens is 202 g/mol. The maximum Gasteiger partial charge on any atom is 0.309 e. The Bertz CT molecular complexity index is 281. The van der Waals surface area contributed by atoms with E-state index in [1.54, 1.807) is 0 Å². The third-order valence-corrected chi connectivity index (χ3v) is 4.48. The molecule has 78 valence electrons. The minimum atomic E-state index is -0.778. The van der Waals surface area contributed by atoms with Gasteiger partial charge in [0.05, 0.1) is 16.5 Å². The smallest absolute Gasteiger partial charge is 0.309 e. The number of rotatable bonds is 1. The first-order chi connectivity index (χ1) is 6.64. The number of nitrogens with one attached hydrogen (secondary N) is 1. The lowest BCUT2D eigenvalue weighted by Crippen LogP contribution is -2.50. The maximum absolute atomic E-state index is 11.2. The van der Waals surface area contributed by atoms with E-state index in [0.29, 0.717) is 12.2 Å². The van der Waals surface area contributed by atoms with Crippen molar-refractivity contribution in [2.45, 2.75) is 30.6 Å². The summed E-state index contributed by atoms with van der Waals surface area (Å²) in [5, 5.41) is 11.9. The second kappa shape index (κ2) is 3.46. The van der Waals surface area contributed by atoms with Crippen LogP contribution in [0.25, 0.3) is 0 Å². The molecule has 2 aliphatic rings. The summed E-state index contributed by atoms with van der Waals surface area (Å²) in [4.78, 5) is 21.7. The number of carboxylic acid groups (broad SMARTS) is 1. The van der Waals surface area contributed by atoms with Gasteiger partial charge >= 0.3 is 5.97 Å². The molecule has 0 aromatic rings. The van der Waals surface area contributed by atoms with Gasteiger partial charge in [0.15, 0.2) is 0 Å². The van der Waals surface area contributed by atoms with Gasteiger partial charge in [-0.2, -0.15) is 0 Å². The molecule has 0 aromatic heterocycles. The Labute approximate surface area is 86.4 Å². The summed E-state index contributed by atoms with van der Waals surface area (Å²) in [6.45, 7) is 0. The number of hydrogen-bond donors (Lipinski definition) is 2. The lowest BCUT2D eigenvalue weighted by atomic mass is 9.84. The summed E-state index contributed by atoms with van der Waals surface area (Å²) in [6, 6.07) is 0. The molecule has 0 aromatic carbocycles. The number of amides is 1. The molecule has 1 aliphatic heterocycles. The first-order valence-electron chi connectivity index (χ1n) is 4.82. The zero-order valence-electron chi connectivity index (χ0n) is 7.78. The van der Waals surface area contributed by atoms with E-state index >= 15 is 0 Å². The monoisotopic (exact) mass is 215 g/mol. The van der Waals surface area contributed by atoms with Crippen LogP contribution in [0, 0.1) is 5.92 Å². The molecule has 1 saturated carbocycles. The Morgan fingerprint density at radius 1 is 1.57 bits per heavy atom. The number of thioether (sulfide) groups is 1. The topological polar surface area (TPSA) is 66.4 Å². The van der Waals surface area contributed by atoms with Gasteiger partial charge in [-0.3, -0.25) is 9.59 Å². The van der Waals surface area contributed by atoms with Crippen LogP contribution < -0.4 is 5.32 Å². The van der Waals surface area contributed by atoms with Gasteiger partial charge in [0, 0.05) is 0 Å². The predicted octanol–water partition coefficient (Wildman–Crippen LogP) is 0.821. The predicted molar refractivity (Wildman–Crippen MR) is 52.9 cm³/mol. The Hall–Kier alpha value is -0.710. The van der Waals surface area contributed by atoms with Crippen LogP contribution in [-0.2, 0) is 9.59 Å². The van der Waals surface area contributed by atoms with Crippen molar-refractivity contribution in [3.63, 3.8) is 0 Å². The average Bonchev–Trinajstić information content (AvgIpc) is 2.48. The van der Waals surface area contributed by atoms with E-state index in [9.17, 15) is 9.59 Å². The van der Waals surface area contributed by atoms with E-state index in [1.165, 1.54) is 11.8 Å². The number of carbonyl (C=O) groups is 2. The lowest BCUT2D eigenvalue weighted by Gasteiger charge is -2.37. The van der Waals surface area contributed by atoms with Crippen LogP contribution in [0.3, 0.4) is 0 Å². The van der Waals surface area contributed by atoms with Gasteiger partial charge in [0.1, 0.15) is 0 Å². The second-order valence-corrected chi connectivity index (χ2v) is 5.17. The molecule has 1 amide bonds. The fourth-order valence-corrected chi connectivity index (χ4v) is 3.65. The zero-order chi connectivity index (χ0) is 10.2. The van der Waals surface area contributed by atoms with Crippen LogP contribution in [-0.4, -0.2) is 27.6 Å². The molecule has 2 N–H and O–H groups in total. The van der Waals surface area contributed by atoms with Crippen LogP contribution in [0.4, 0.5) is 0 Å². The van der Waals surface area contributed by atoms with Gasteiger partial charge in [-0.25, -0.2) is 0 Å². The van der Waals surface area contributed by atoms with Gasteiger partial charge < -0.3 is 10.4 Å². The molecule has 1 spiro atoms. The van der Waals surface area contributed by atoms with Crippen molar-refractivity contribution in [3.8, 4) is 0 Å². The highest BCUT2D eigenvalue weighted by molar-refractivity contribution is 8.01. The van der Waals surface area contributed by atoms with Crippen molar-refractivity contribution in [1.82, 2.24) is 5.32 Å². The third-order valence-electron chi connectivity index (χ3n) is 2.96. The molecule has 1 heterocycles. The van der Waals surface area contributed by atoms with E-state index in [0.717, 1.165) is 19.3 Å².